The van der Waals surface area contributed by atoms with E-state index in [-0.39, 0.29) is 44.3 Å². The summed E-state index contributed by atoms with van der Waals surface area (Å²) < 4.78 is 5.91. The van der Waals surface area contributed by atoms with Gasteiger partial charge in [-0.1, -0.05) is 48.5 Å². The molecule has 6 N–H and O–H groups in total. The van der Waals surface area contributed by atoms with E-state index in [0.29, 0.717) is 48.8 Å². The molecule has 0 saturated heterocycles. The number of imide groups is 1. The first-order valence-electron chi connectivity index (χ1n) is 15.0. The predicted molar refractivity (Wildman–Crippen MR) is 175 cm³/mol. The number of nitrogens with two attached hydrogens (primary N) is 2. The Morgan fingerprint density at radius 1 is 1.04 bits per heavy atom. The van der Waals surface area contributed by atoms with Crippen LogP contribution in [0.25, 0.3) is 11.4 Å². The van der Waals surface area contributed by atoms with Crippen molar-refractivity contribution in [1.29, 1.82) is 0 Å². The number of ether oxygens (including phenoxy) is 1. The summed E-state index contributed by atoms with van der Waals surface area (Å²) in [6, 6.07) is 15.1. The fourth-order valence-electron chi connectivity index (χ4n) is 4.93. The number of hydrogen-bond donors (Lipinski definition) is 4. The van der Waals surface area contributed by atoms with Gasteiger partial charge in [0, 0.05) is 43.6 Å². The molecule has 12 heteroatoms. The van der Waals surface area contributed by atoms with E-state index in [0.717, 1.165) is 16.0 Å². The number of fused-ring (bicyclic) bond motifs is 2. The van der Waals surface area contributed by atoms with E-state index in [2.05, 4.69) is 10.6 Å². The maximum absolute atomic E-state index is 13.7. The topological polar surface area (TPSA) is 163 Å². The summed E-state index contributed by atoms with van der Waals surface area (Å²) in [4.78, 5) is 51.8. The summed E-state index contributed by atoms with van der Waals surface area (Å²) in [5.41, 5.74) is 10.5. The highest BCUT2D eigenvalue weighted by molar-refractivity contribution is 6.01. The van der Waals surface area contributed by atoms with Crippen LogP contribution in [-0.2, 0) is 30.5 Å². The summed E-state index contributed by atoms with van der Waals surface area (Å²) >= 11 is 0. The molecule has 45 heavy (non-hydrogen) atoms. The van der Waals surface area contributed by atoms with E-state index >= 15 is 0 Å². The van der Waals surface area contributed by atoms with Gasteiger partial charge in [0.1, 0.15) is 0 Å². The second kappa shape index (κ2) is 16.5. The quantitative estimate of drug-likeness (QED) is 0.0770. The van der Waals surface area contributed by atoms with Crippen LogP contribution >= 0.6 is 0 Å². The molecule has 1 heterocycles. The lowest BCUT2D eigenvalue weighted by Crippen LogP contribution is -2.40. The molecule has 0 radical (unpaired) electrons. The molecule has 0 aliphatic carbocycles. The molecule has 0 bridgehead atoms. The number of allylic oxidation sites excluding steroid dienone is 1. The zero-order valence-corrected chi connectivity index (χ0v) is 26.5. The fraction of sp³-hybridized carbons (Fsp3) is 0.394. The lowest BCUT2D eigenvalue weighted by Gasteiger charge is -2.34. The van der Waals surface area contributed by atoms with Gasteiger partial charge in [0.25, 0.3) is 5.91 Å². The Balaban J connectivity index is 1.80. The molecule has 0 fully saturated rings. The van der Waals surface area contributed by atoms with Crippen LogP contribution in [0.3, 0.4) is 0 Å². The molecule has 1 aliphatic heterocycles. The van der Waals surface area contributed by atoms with Gasteiger partial charge >= 0.3 is 0 Å². The number of nitrogens with one attached hydrogen (secondary N) is 2. The van der Waals surface area contributed by atoms with Crippen molar-refractivity contribution < 1.29 is 23.9 Å². The van der Waals surface area contributed by atoms with E-state index in [1.807, 2.05) is 69.4 Å². The number of carbonyl (C=O) groups excluding carboxylic acids is 4. The highest BCUT2D eigenvalue weighted by Crippen LogP contribution is 2.36. The number of anilines is 1. The van der Waals surface area contributed by atoms with E-state index in [9.17, 15) is 19.2 Å². The molecular weight excluding hydrogens is 574 g/mol. The number of hydrazine groups is 1. The smallest absolute Gasteiger partial charge is 0.252 e. The molecule has 0 spiro atoms. The maximum Gasteiger partial charge on any atom is 0.252 e. The molecule has 0 saturated carbocycles. The first-order valence-corrected chi connectivity index (χ1v) is 15.0. The molecule has 2 aromatic rings. The second-order valence-electron chi connectivity index (χ2n) is 11.2. The summed E-state index contributed by atoms with van der Waals surface area (Å²) in [6.07, 6.45) is 3.76. The molecule has 2 aromatic carbocycles. The molecule has 4 amide bonds. The Labute approximate surface area is 265 Å². The summed E-state index contributed by atoms with van der Waals surface area (Å²) in [5.74, 6) is 5.62. The molecule has 12 nitrogen and oxygen atoms in total. The van der Waals surface area contributed by atoms with Gasteiger partial charge in [0.15, 0.2) is 0 Å². The molecule has 0 atom stereocenters. The van der Waals surface area contributed by atoms with E-state index in [4.69, 9.17) is 16.3 Å². The van der Waals surface area contributed by atoms with E-state index in [1.165, 1.54) is 12.2 Å². The summed E-state index contributed by atoms with van der Waals surface area (Å²) in [7, 11) is 1.83. The van der Waals surface area contributed by atoms with Crippen molar-refractivity contribution in [2.24, 2.45) is 11.6 Å². The van der Waals surface area contributed by atoms with Crippen LogP contribution in [-0.4, -0.2) is 73.1 Å². The van der Waals surface area contributed by atoms with Crippen molar-refractivity contribution in [1.82, 2.24) is 20.5 Å². The third kappa shape index (κ3) is 9.48. The Kier molecular flexibility index (Phi) is 12.8. The fourth-order valence-corrected chi connectivity index (χ4v) is 4.93. The molecule has 0 aromatic heterocycles. The number of rotatable bonds is 15. The summed E-state index contributed by atoms with van der Waals surface area (Å²) in [6.45, 7) is 6.86. The normalized spacial score (nSPS) is 14.6. The van der Waals surface area contributed by atoms with Crippen molar-refractivity contribution >= 4 is 41.2 Å². The van der Waals surface area contributed by atoms with Gasteiger partial charge < -0.3 is 25.7 Å². The Hall–Kier alpha value is -4.52. The van der Waals surface area contributed by atoms with Crippen molar-refractivity contribution in [2.45, 2.75) is 52.2 Å². The average molecular weight is 620 g/mol. The largest absolute Gasteiger partial charge is 0.396 e. The van der Waals surface area contributed by atoms with Gasteiger partial charge in [-0.25, -0.2) is 5.84 Å². The number of benzene rings is 2. The molecular formula is C33H45N7O5. The second-order valence-corrected chi connectivity index (χ2v) is 11.2. The van der Waals surface area contributed by atoms with Gasteiger partial charge in [-0.05, 0) is 51.9 Å². The molecule has 3 rings (SSSR count). The number of nitrogens with zero attached hydrogens (tertiary/aromatic N) is 3. The third-order valence-corrected chi connectivity index (χ3v) is 7.45. The number of para-hydroxylation sites is 1. The standard InChI is InChI=1S/C33H45N7O5/c1-5-10-29(43)38(23-41)19-16-28(42)37-18-15-30(44)39-21-24-11-6-7-12-25(24)32(31(34)26-13-8-9-14-27(26)39)40(35)20-17-33(2,3)45-22-36-4/h5-14,23,36H,15-22,34-35H2,1-4H3,(H,37,42)/b10-5-,32-31-. The first kappa shape index (κ1) is 35.0. The highest BCUT2D eigenvalue weighted by Gasteiger charge is 2.28. The van der Waals surface area contributed by atoms with Gasteiger partial charge in [0.2, 0.25) is 18.2 Å². The minimum atomic E-state index is -0.497. The summed E-state index contributed by atoms with van der Waals surface area (Å²) in [5, 5.41) is 7.36. The van der Waals surface area contributed by atoms with Crippen molar-refractivity contribution in [3.05, 3.63) is 77.4 Å². The van der Waals surface area contributed by atoms with Gasteiger partial charge in [-0.15, -0.1) is 0 Å². The number of hydrogen-bond acceptors (Lipinski definition) is 9. The Morgan fingerprint density at radius 2 is 1.73 bits per heavy atom. The van der Waals surface area contributed by atoms with Gasteiger partial charge in [-0.2, -0.15) is 0 Å². The van der Waals surface area contributed by atoms with Crippen LogP contribution in [0.1, 0.15) is 56.7 Å². The zero-order valence-electron chi connectivity index (χ0n) is 26.5. The number of amides is 4. The average Bonchev–Trinajstić information content (AvgIpc) is 3.02. The monoisotopic (exact) mass is 619 g/mol. The van der Waals surface area contributed by atoms with Crippen molar-refractivity contribution in [3.8, 4) is 0 Å². The van der Waals surface area contributed by atoms with Crippen molar-refractivity contribution in [3.63, 3.8) is 0 Å². The minimum absolute atomic E-state index is 0.0261. The predicted octanol–water partition coefficient (Wildman–Crippen LogP) is 2.31. The molecule has 242 valence electrons. The van der Waals surface area contributed by atoms with Crippen LogP contribution in [0.5, 0.6) is 0 Å². The Morgan fingerprint density at radius 3 is 2.42 bits per heavy atom. The third-order valence-electron chi connectivity index (χ3n) is 7.45. The zero-order chi connectivity index (χ0) is 33.0. The molecule has 0 unspecified atom stereocenters. The van der Waals surface area contributed by atoms with E-state index in [1.54, 1.807) is 16.8 Å². The van der Waals surface area contributed by atoms with E-state index < -0.39 is 11.5 Å². The van der Waals surface area contributed by atoms with Crippen LogP contribution in [0, 0.1) is 0 Å². The minimum Gasteiger partial charge on any atom is -0.396 e. The molecule has 1 aliphatic rings. The van der Waals surface area contributed by atoms with Gasteiger partial charge in [-0.3, -0.25) is 29.4 Å². The highest BCUT2D eigenvalue weighted by atomic mass is 16.5. The Bertz CT molecular complexity index is 1420. The lowest BCUT2D eigenvalue weighted by molar-refractivity contribution is -0.134. The van der Waals surface area contributed by atoms with Crippen LogP contribution in [0.15, 0.2) is 60.7 Å². The van der Waals surface area contributed by atoms with Crippen molar-refractivity contribution in [2.75, 3.05) is 38.3 Å². The van der Waals surface area contributed by atoms with Crippen LogP contribution in [0.4, 0.5) is 5.69 Å². The SMILES string of the molecule is C/C=C\C(=O)N(C=O)CCC(=O)NCCC(=O)N1Cc2ccccc2/C(N(N)CCC(C)(C)OCNC)=C(/N)c2ccccc21. The van der Waals surface area contributed by atoms with Gasteiger partial charge in [0.05, 0.1) is 36.0 Å². The first-order chi connectivity index (χ1) is 21.5. The lowest BCUT2D eigenvalue weighted by atomic mass is 9.95. The van der Waals surface area contributed by atoms with Crippen LogP contribution < -0.4 is 27.1 Å². The number of carbonyl (C=O) groups is 4. The maximum atomic E-state index is 13.7. The van der Waals surface area contributed by atoms with Crippen LogP contribution in [0.2, 0.25) is 0 Å².